The first-order chi connectivity index (χ1) is 11.7. The van der Waals surface area contributed by atoms with Crippen LogP contribution >= 0.6 is 0 Å². The highest BCUT2D eigenvalue weighted by atomic mass is 19.1. The number of benzene rings is 1. The third-order valence-corrected chi connectivity index (χ3v) is 4.52. The van der Waals surface area contributed by atoms with E-state index < -0.39 is 0 Å². The van der Waals surface area contributed by atoms with E-state index >= 15 is 0 Å². The maximum atomic E-state index is 13.0. The molecular weight excluding hydrogens is 309 g/mol. The summed E-state index contributed by atoms with van der Waals surface area (Å²) in [6.07, 6.45) is 5.55. The topological polar surface area (TPSA) is 85.8 Å². The molecule has 1 aliphatic rings. The van der Waals surface area contributed by atoms with Gasteiger partial charge in [-0.2, -0.15) is 0 Å². The standard InChI is InChI=1S/C17H22FN5O/c18-14-6-4-12(5-7-14)10-13-2-1-3-15(13)20-17(24)16-11-23(9-8-19)22-21-16/h4-7,11,13,15H,1-3,8-10,19H2,(H,20,24)/t13-,15-/m0/s1. The average Bonchev–Trinajstić information content (AvgIpc) is 3.20. The van der Waals surface area contributed by atoms with Crippen molar-refractivity contribution in [3.8, 4) is 0 Å². The molecule has 24 heavy (non-hydrogen) atoms. The van der Waals surface area contributed by atoms with E-state index in [9.17, 15) is 9.18 Å². The molecule has 1 aromatic heterocycles. The second-order valence-electron chi connectivity index (χ2n) is 6.26. The molecule has 2 atom stereocenters. The summed E-state index contributed by atoms with van der Waals surface area (Å²) in [6, 6.07) is 6.69. The molecule has 2 aromatic rings. The summed E-state index contributed by atoms with van der Waals surface area (Å²) >= 11 is 0. The van der Waals surface area contributed by atoms with E-state index in [0.717, 1.165) is 31.2 Å². The summed E-state index contributed by atoms with van der Waals surface area (Å²) in [5.41, 5.74) is 6.88. The number of carbonyl (C=O) groups excluding carboxylic acids is 1. The molecule has 0 spiro atoms. The fourth-order valence-corrected chi connectivity index (χ4v) is 3.28. The molecule has 0 radical (unpaired) electrons. The molecule has 0 bridgehead atoms. The summed E-state index contributed by atoms with van der Waals surface area (Å²) in [7, 11) is 0. The van der Waals surface area contributed by atoms with Crippen molar-refractivity contribution in [1.82, 2.24) is 20.3 Å². The minimum Gasteiger partial charge on any atom is -0.348 e. The number of carbonyl (C=O) groups is 1. The molecule has 3 rings (SSSR count). The van der Waals surface area contributed by atoms with E-state index in [4.69, 9.17) is 5.73 Å². The van der Waals surface area contributed by atoms with Crippen molar-refractivity contribution in [2.45, 2.75) is 38.3 Å². The summed E-state index contributed by atoms with van der Waals surface area (Å²) in [4.78, 5) is 12.4. The molecule has 7 heteroatoms. The van der Waals surface area contributed by atoms with E-state index in [0.29, 0.717) is 24.7 Å². The number of aromatic nitrogens is 3. The molecule has 1 aromatic carbocycles. The molecule has 1 saturated carbocycles. The minimum atomic E-state index is -0.226. The molecule has 1 amide bonds. The largest absolute Gasteiger partial charge is 0.348 e. The molecule has 0 unspecified atom stereocenters. The zero-order valence-electron chi connectivity index (χ0n) is 13.5. The summed E-state index contributed by atoms with van der Waals surface area (Å²) in [6.45, 7) is 0.990. The molecule has 1 fully saturated rings. The van der Waals surface area contributed by atoms with Crippen molar-refractivity contribution >= 4 is 5.91 Å². The first kappa shape index (κ1) is 16.6. The number of nitrogens with two attached hydrogens (primary N) is 1. The van der Waals surface area contributed by atoms with Crippen LogP contribution in [-0.4, -0.2) is 33.5 Å². The number of rotatable bonds is 6. The van der Waals surface area contributed by atoms with Crippen molar-refractivity contribution in [2.75, 3.05) is 6.54 Å². The van der Waals surface area contributed by atoms with Gasteiger partial charge in [0.25, 0.3) is 5.91 Å². The number of hydrogen-bond donors (Lipinski definition) is 2. The average molecular weight is 331 g/mol. The highest BCUT2D eigenvalue weighted by Gasteiger charge is 2.29. The number of halogens is 1. The first-order valence-electron chi connectivity index (χ1n) is 8.31. The van der Waals surface area contributed by atoms with Gasteiger partial charge in [0, 0.05) is 12.6 Å². The van der Waals surface area contributed by atoms with Gasteiger partial charge >= 0.3 is 0 Å². The van der Waals surface area contributed by atoms with E-state index in [1.807, 2.05) is 12.1 Å². The van der Waals surface area contributed by atoms with E-state index in [1.165, 1.54) is 12.1 Å². The Labute approximate surface area is 140 Å². The van der Waals surface area contributed by atoms with Gasteiger partial charge < -0.3 is 11.1 Å². The third kappa shape index (κ3) is 3.97. The Morgan fingerprint density at radius 3 is 2.88 bits per heavy atom. The van der Waals surface area contributed by atoms with Crippen LogP contribution in [0.25, 0.3) is 0 Å². The fourth-order valence-electron chi connectivity index (χ4n) is 3.28. The Hall–Kier alpha value is -2.28. The highest BCUT2D eigenvalue weighted by molar-refractivity contribution is 5.92. The maximum absolute atomic E-state index is 13.0. The van der Waals surface area contributed by atoms with Crippen LogP contribution in [0.2, 0.25) is 0 Å². The van der Waals surface area contributed by atoms with Crippen LogP contribution in [-0.2, 0) is 13.0 Å². The molecular formula is C17H22FN5O. The minimum absolute atomic E-state index is 0.113. The maximum Gasteiger partial charge on any atom is 0.273 e. The van der Waals surface area contributed by atoms with Gasteiger partial charge in [-0.1, -0.05) is 23.8 Å². The molecule has 0 saturated heterocycles. The van der Waals surface area contributed by atoms with Crippen molar-refractivity contribution < 1.29 is 9.18 Å². The molecule has 1 aliphatic carbocycles. The van der Waals surface area contributed by atoms with Crippen LogP contribution in [0.5, 0.6) is 0 Å². The van der Waals surface area contributed by atoms with Crippen LogP contribution in [0, 0.1) is 11.7 Å². The van der Waals surface area contributed by atoms with E-state index in [-0.39, 0.29) is 17.8 Å². The van der Waals surface area contributed by atoms with Crippen molar-refractivity contribution in [2.24, 2.45) is 11.7 Å². The lowest BCUT2D eigenvalue weighted by Crippen LogP contribution is -2.38. The Balaban J connectivity index is 1.60. The van der Waals surface area contributed by atoms with Crippen molar-refractivity contribution in [3.63, 3.8) is 0 Å². The lowest BCUT2D eigenvalue weighted by Gasteiger charge is -2.20. The van der Waals surface area contributed by atoms with Crippen molar-refractivity contribution in [3.05, 3.63) is 47.5 Å². The van der Waals surface area contributed by atoms with Crippen molar-refractivity contribution in [1.29, 1.82) is 0 Å². The Morgan fingerprint density at radius 1 is 1.33 bits per heavy atom. The van der Waals surface area contributed by atoms with Crippen LogP contribution in [0.3, 0.4) is 0 Å². The van der Waals surface area contributed by atoms with Crippen LogP contribution in [0.1, 0.15) is 35.3 Å². The molecule has 128 valence electrons. The quantitative estimate of drug-likeness (QED) is 0.840. The SMILES string of the molecule is NCCn1cc(C(=O)N[C@H]2CCC[C@H]2Cc2ccc(F)cc2)nn1. The van der Waals surface area contributed by atoms with Gasteiger partial charge in [-0.25, -0.2) is 4.39 Å². The monoisotopic (exact) mass is 331 g/mol. The first-order valence-corrected chi connectivity index (χ1v) is 8.31. The lowest BCUT2D eigenvalue weighted by atomic mass is 9.94. The lowest BCUT2D eigenvalue weighted by molar-refractivity contribution is 0.0922. The summed E-state index contributed by atoms with van der Waals surface area (Å²) < 4.78 is 14.6. The third-order valence-electron chi connectivity index (χ3n) is 4.52. The molecule has 3 N–H and O–H groups in total. The van der Waals surface area contributed by atoms with Crippen LogP contribution < -0.4 is 11.1 Å². The predicted octanol–water partition coefficient (Wildman–Crippen LogP) is 1.52. The second-order valence-corrected chi connectivity index (χ2v) is 6.26. The van der Waals surface area contributed by atoms with Crippen LogP contribution in [0.4, 0.5) is 4.39 Å². The number of nitrogens with one attached hydrogen (secondary N) is 1. The Bertz CT molecular complexity index is 685. The zero-order chi connectivity index (χ0) is 16.9. The fraction of sp³-hybridized carbons (Fsp3) is 0.471. The normalized spacial score (nSPS) is 20.2. The van der Waals surface area contributed by atoms with E-state index in [1.54, 1.807) is 10.9 Å². The van der Waals surface area contributed by atoms with Gasteiger partial charge in [-0.05, 0) is 42.9 Å². The molecule has 6 nitrogen and oxygen atoms in total. The molecule has 0 aliphatic heterocycles. The second kappa shape index (κ2) is 7.53. The number of hydrogen-bond acceptors (Lipinski definition) is 4. The van der Waals surface area contributed by atoms with Gasteiger partial charge in [0.15, 0.2) is 5.69 Å². The number of amides is 1. The molecule has 1 heterocycles. The summed E-state index contributed by atoms with van der Waals surface area (Å²) in [5.74, 6) is -0.0663. The number of nitrogens with zero attached hydrogens (tertiary/aromatic N) is 3. The highest BCUT2D eigenvalue weighted by Crippen LogP contribution is 2.29. The van der Waals surface area contributed by atoms with Crippen LogP contribution in [0.15, 0.2) is 30.5 Å². The van der Waals surface area contributed by atoms with Gasteiger partial charge in [-0.15, -0.1) is 5.10 Å². The van der Waals surface area contributed by atoms with Gasteiger partial charge in [0.2, 0.25) is 0 Å². The zero-order valence-corrected chi connectivity index (χ0v) is 13.5. The van der Waals surface area contributed by atoms with Gasteiger partial charge in [0.05, 0.1) is 12.7 Å². The predicted molar refractivity (Wildman–Crippen MR) is 87.8 cm³/mol. The summed E-state index contributed by atoms with van der Waals surface area (Å²) in [5, 5.41) is 10.9. The van der Waals surface area contributed by atoms with E-state index in [2.05, 4.69) is 15.6 Å². The van der Waals surface area contributed by atoms with Gasteiger partial charge in [-0.3, -0.25) is 9.48 Å². The van der Waals surface area contributed by atoms with Gasteiger partial charge in [0.1, 0.15) is 5.82 Å². The Morgan fingerprint density at radius 2 is 2.12 bits per heavy atom. The Kier molecular flexibility index (Phi) is 5.20. The smallest absolute Gasteiger partial charge is 0.273 e.